The van der Waals surface area contributed by atoms with E-state index in [4.69, 9.17) is 20.9 Å². The van der Waals surface area contributed by atoms with Crippen LogP contribution in [0.2, 0.25) is 5.02 Å². The minimum atomic E-state index is -0.0705. The van der Waals surface area contributed by atoms with Gasteiger partial charge in [0.2, 0.25) is 0 Å². The molecule has 28 heavy (non-hydrogen) atoms. The maximum atomic E-state index is 13.1. The number of benzene rings is 2. The maximum Gasteiger partial charge on any atom is 0.255 e. The lowest BCUT2D eigenvalue weighted by Gasteiger charge is -2.20. The van der Waals surface area contributed by atoms with Gasteiger partial charge in [0.05, 0.1) is 24.1 Å². The molecule has 1 aromatic heterocycles. The lowest BCUT2D eigenvalue weighted by molar-refractivity contribution is 0.0781. The molecule has 7 heteroatoms. The molecule has 0 bridgehead atoms. The van der Waals surface area contributed by atoms with Crippen molar-refractivity contribution < 1.29 is 14.1 Å². The molecule has 3 rings (SSSR count). The molecule has 0 fully saturated rings. The Morgan fingerprint density at radius 1 is 1.25 bits per heavy atom. The highest BCUT2D eigenvalue weighted by Crippen LogP contribution is 2.29. The van der Waals surface area contributed by atoms with E-state index >= 15 is 0 Å². The Hall–Kier alpha value is -2.44. The molecule has 146 valence electrons. The second-order valence-corrected chi connectivity index (χ2v) is 7.79. The predicted molar refractivity (Wildman–Crippen MR) is 111 cm³/mol. The lowest BCUT2D eigenvalue weighted by atomic mass is 10.1. The van der Waals surface area contributed by atoms with Gasteiger partial charge in [-0.2, -0.15) is 0 Å². The molecule has 0 aliphatic carbocycles. The number of amides is 1. The first-order valence-electron chi connectivity index (χ1n) is 8.70. The van der Waals surface area contributed by atoms with E-state index in [0.717, 1.165) is 21.9 Å². The summed E-state index contributed by atoms with van der Waals surface area (Å²) in [6.07, 6.45) is 0. The number of carbonyl (C=O) groups excluding carboxylic acids is 1. The molecule has 0 atom stereocenters. The Kier molecular flexibility index (Phi) is 6.65. The quantitative estimate of drug-likeness (QED) is 0.495. The molecular weight excluding hydrogens is 396 g/mol. The van der Waals surface area contributed by atoms with Gasteiger partial charge in [0, 0.05) is 35.1 Å². The summed E-state index contributed by atoms with van der Waals surface area (Å²) in [5.74, 6) is 2.02. The molecule has 1 heterocycles. The van der Waals surface area contributed by atoms with Crippen molar-refractivity contribution in [2.45, 2.75) is 24.1 Å². The third kappa shape index (κ3) is 4.88. The molecule has 5 nitrogen and oxygen atoms in total. The van der Waals surface area contributed by atoms with Gasteiger partial charge in [-0.15, -0.1) is 11.8 Å². The molecule has 0 saturated carbocycles. The van der Waals surface area contributed by atoms with Crippen LogP contribution in [-0.4, -0.2) is 30.1 Å². The number of ether oxygens (including phenoxy) is 1. The lowest BCUT2D eigenvalue weighted by Crippen LogP contribution is -2.26. The van der Waals surface area contributed by atoms with Crippen LogP contribution in [0.15, 0.2) is 57.9 Å². The van der Waals surface area contributed by atoms with Gasteiger partial charge in [0.1, 0.15) is 11.5 Å². The summed E-state index contributed by atoms with van der Waals surface area (Å²) in [4.78, 5) is 15.6. The summed E-state index contributed by atoms with van der Waals surface area (Å²) >= 11 is 7.65. The second-order valence-electron chi connectivity index (χ2n) is 6.34. The molecule has 0 saturated heterocycles. The van der Waals surface area contributed by atoms with Crippen LogP contribution in [0, 0.1) is 6.92 Å². The van der Waals surface area contributed by atoms with E-state index in [1.807, 2.05) is 43.3 Å². The number of hydrogen-bond acceptors (Lipinski definition) is 5. The Morgan fingerprint density at radius 3 is 2.75 bits per heavy atom. The van der Waals surface area contributed by atoms with E-state index in [2.05, 4.69) is 5.16 Å². The van der Waals surface area contributed by atoms with Crippen molar-refractivity contribution in [1.82, 2.24) is 10.1 Å². The van der Waals surface area contributed by atoms with Crippen LogP contribution in [0.25, 0.3) is 0 Å². The number of methoxy groups -OCH3 is 1. The standard InChI is InChI=1S/C21H21ClN2O3S/c1-14-10-17(27-23-14)13-28-20-7-5-4-6-18(20)21(25)24(2)12-15-11-16(22)8-9-19(15)26-3/h4-11H,12-13H2,1-3H3. The summed E-state index contributed by atoms with van der Waals surface area (Å²) < 4.78 is 10.6. The molecule has 3 aromatic rings. The zero-order valence-corrected chi connectivity index (χ0v) is 17.5. The van der Waals surface area contributed by atoms with Crippen LogP contribution in [-0.2, 0) is 12.3 Å². The van der Waals surface area contributed by atoms with Crippen LogP contribution in [0.5, 0.6) is 5.75 Å². The number of aryl methyl sites for hydroxylation is 1. The smallest absolute Gasteiger partial charge is 0.255 e. The third-order valence-corrected chi connectivity index (χ3v) is 5.49. The zero-order valence-electron chi connectivity index (χ0n) is 15.9. The van der Waals surface area contributed by atoms with Crippen LogP contribution in [0.3, 0.4) is 0 Å². The van der Waals surface area contributed by atoms with Gasteiger partial charge >= 0.3 is 0 Å². The first kappa shape index (κ1) is 20.3. The molecule has 0 N–H and O–H groups in total. The van der Waals surface area contributed by atoms with E-state index in [-0.39, 0.29) is 5.91 Å². The van der Waals surface area contributed by atoms with E-state index in [1.54, 1.807) is 43.0 Å². The van der Waals surface area contributed by atoms with E-state index in [1.165, 1.54) is 0 Å². The third-order valence-electron chi connectivity index (χ3n) is 4.16. The Bertz CT molecular complexity index is 974. The van der Waals surface area contributed by atoms with Gasteiger partial charge in [0.15, 0.2) is 0 Å². The first-order valence-corrected chi connectivity index (χ1v) is 10.1. The minimum Gasteiger partial charge on any atom is -0.496 e. The summed E-state index contributed by atoms with van der Waals surface area (Å²) in [6.45, 7) is 2.27. The Morgan fingerprint density at radius 2 is 2.04 bits per heavy atom. The van der Waals surface area contributed by atoms with Crippen molar-refractivity contribution in [2.75, 3.05) is 14.2 Å². The van der Waals surface area contributed by atoms with E-state index in [9.17, 15) is 4.79 Å². The second kappa shape index (κ2) is 9.17. The van der Waals surface area contributed by atoms with E-state index in [0.29, 0.717) is 28.6 Å². The van der Waals surface area contributed by atoms with Crippen LogP contribution >= 0.6 is 23.4 Å². The van der Waals surface area contributed by atoms with Gasteiger partial charge in [-0.1, -0.05) is 28.9 Å². The van der Waals surface area contributed by atoms with Crippen molar-refractivity contribution in [3.05, 3.63) is 76.1 Å². The summed E-state index contributed by atoms with van der Waals surface area (Å²) in [5.41, 5.74) is 2.34. The van der Waals surface area contributed by atoms with Crippen LogP contribution in [0.1, 0.15) is 27.4 Å². The molecular formula is C21H21ClN2O3S. The number of halogens is 1. The van der Waals surface area contributed by atoms with Crippen molar-refractivity contribution in [1.29, 1.82) is 0 Å². The fraction of sp³-hybridized carbons (Fsp3) is 0.238. The van der Waals surface area contributed by atoms with E-state index < -0.39 is 0 Å². The van der Waals surface area contributed by atoms with Crippen molar-refractivity contribution in [3.63, 3.8) is 0 Å². The van der Waals surface area contributed by atoms with Crippen LogP contribution < -0.4 is 4.74 Å². The zero-order chi connectivity index (χ0) is 20.1. The molecule has 0 radical (unpaired) electrons. The average Bonchev–Trinajstić information content (AvgIpc) is 3.11. The SMILES string of the molecule is COc1ccc(Cl)cc1CN(C)C(=O)c1ccccc1SCc1cc(C)no1. The average molecular weight is 417 g/mol. The molecule has 2 aromatic carbocycles. The van der Waals surface area contributed by atoms with Gasteiger partial charge < -0.3 is 14.2 Å². The van der Waals surface area contributed by atoms with Crippen molar-refractivity contribution in [2.24, 2.45) is 0 Å². The van der Waals surface area contributed by atoms with Gasteiger partial charge in [0.25, 0.3) is 5.91 Å². The summed E-state index contributed by atoms with van der Waals surface area (Å²) in [5, 5.41) is 4.51. The molecule has 0 spiro atoms. The summed E-state index contributed by atoms with van der Waals surface area (Å²) in [7, 11) is 3.37. The van der Waals surface area contributed by atoms with Crippen molar-refractivity contribution >= 4 is 29.3 Å². The summed E-state index contributed by atoms with van der Waals surface area (Å²) in [6, 6.07) is 14.8. The Balaban J connectivity index is 1.75. The number of carbonyl (C=O) groups is 1. The Labute approximate surface area is 173 Å². The van der Waals surface area contributed by atoms with Gasteiger partial charge in [-0.3, -0.25) is 4.79 Å². The molecule has 1 amide bonds. The van der Waals surface area contributed by atoms with Crippen LogP contribution in [0.4, 0.5) is 0 Å². The first-order chi connectivity index (χ1) is 13.5. The predicted octanol–water partition coefficient (Wildman–Crippen LogP) is 5.21. The number of nitrogens with zero attached hydrogens (tertiary/aromatic N) is 2. The number of rotatable bonds is 7. The highest BCUT2D eigenvalue weighted by Gasteiger charge is 2.18. The fourth-order valence-electron chi connectivity index (χ4n) is 2.81. The van der Waals surface area contributed by atoms with Gasteiger partial charge in [-0.05, 0) is 37.3 Å². The largest absolute Gasteiger partial charge is 0.496 e. The monoisotopic (exact) mass is 416 g/mol. The maximum absolute atomic E-state index is 13.1. The minimum absolute atomic E-state index is 0.0705. The topological polar surface area (TPSA) is 55.6 Å². The normalized spacial score (nSPS) is 10.7. The molecule has 0 aliphatic heterocycles. The number of thioether (sulfide) groups is 1. The fourth-order valence-corrected chi connectivity index (χ4v) is 3.92. The number of hydrogen-bond donors (Lipinski definition) is 0. The highest BCUT2D eigenvalue weighted by molar-refractivity contribution is 7.98. The highest BCUT2D eigenvalue weighted by atomic mass is 35.5. The molecule has 0 aliphatic rings. The number of aromatic nitrogens is 1. The molecule has 0 unspecified atom stereocenters. The van der Waals surface area contributed by atoms with Gasteiger partial charge in [-0.25, -0.2) is 0 Å². The van der Waals surface area contributed by atoms with Crippen molar-refractivity contribution in [3.8, 4) is 5.75 Å².